The van der Waals surface area contributed by atoms with Crippen molar-refractivity contribution in [3.8, 4) is 11.5 Å². The minimum absolute atomic E-state index is 0.142. The van der Waals surface area contributed by atoms with Gasteiger partial charge in [0.25, 0.3) is 0 Å². The molecule has 6 heteroatoms. The first kappa shape index (κ1) is 16.5. The van der Waals surface area contributed by atoms with Crippen molar-refractivity contribution in [2.75, 3.05) is 14.2 Å². The van der Waals surface area contributed by atoms with Gasteiger partial charge in [-0.25, -0.2) is 0 Å². The van der Waals surface area contributed by atoms with Crippen LogP contribution in [-0.4, -0.2) is 20.0 Å². The van der Waals surface area contributed by atoms with E-state index in [0.29, 0.717) is 27.1 Å². The molecule has 0 aliphatic heterocycles. The Balaban J connectivity index is 2.56. The number of halogens is 3. The minimum atomic E-state index is -0.142. The molecule has 0 N–H and O–H groups in total. The van der Waals surface area contributed by atoms with Crippen molar-refractivity contribution in [3.05, 3.63) is 54.9 Å². The van der Waals surface area contributed by atoms with Crippen molar-refractivity contribution in [1.82, 2.24) is 0 Å². The number of hydrogen-bond acceptors (Lipinski definition) is 3. The van der Waals surface area contributed by atoms with Gasteiger partial charge in [0.15, 0.2) is 5.78 Å². The highest BCUT2D eigenvalue weighted by Crippen LogP contribution is 2.35. The van der Waals surface area contributed by atoms with E-state index in [1.807, 2.05) is 12.1 Å². The maximum absolute atomic E-state index is 12.7. The zero-order valence-corrected chi connectivity index (χ0v) is 16.0. The third-order valence-corrected chi connectivity index (χ3v) is 4.66. The van der Waals surface area contributed by atoms with E-state index < -0.39 is 0 Å². The summed E-state index contributed by atoms with van der Waals surface area (Å²) in [7, 11) is 3.08. The van der Waals surface area contributed by atoms with E-state index in [2.05, 4.69) is 47.8 Å². The fourth-order valence-corrected chi connectivity index (χ4v) is 3.57. The molecular weight excluding hydrogens is 468 g/mol. The molecule has 110 valence electrons. The lowest BCUT2D eigenvalue weighted by Crippen LogP contribution is -2.06. The van der Waals surface area contributed by atoms with E-state index in [1.165, 1.54) is 7.11 Å². The standard InChI is InChI=1S/C15H11Br3O3/c1-20-13-7-12(18)14(21-2)6-10(13)15(19)9-4-3-8(16)5-11(9)17/h3-7H,1-2H3. The van der Waals surface area contributed by atoms with Crippen LogP contribution in [-0.2, 0) is 0 Å². The average Bonchev–Trinajstić information content (AvgIpc) is 2.46. The topological polar surface area (TPSA) is 35.5 Å². The summed E-state index contributed by atoms with van der Waals surface area (Å²) in [6, 6.07) is 8.79. The molecule has 0 aliphatic carbocycles. The molecule has 0 aromatic heterocycles. The summed E-state index contributed by atoms with van der Waals surface area (Å²) in [5.41, 5.74) is 1.00. The summed E-state index contributed by atoms with van der Waals surface area (Å²) in [6.45, 7) is 0. The highest BCUT2D eigenvalue weighted by Gasteiger charge is 2.19. The Morgan fingerprint density at radius 2 is 1.52 bits per heavy atom. The highest BCUT2D eigenvalue weighted by molar-refractivity contribution is 9.11. The van der Waals surface area contributed by atoms with Gasteiger partial charge in [-0.2, -0.15) is 0 Å². The summed E-state index contributed by atoms with van der Waals surface area (Å²) in [6.07, 6.45) is 0. The first-order chi connectivity index (χ1) is 9.97. The van der Waals surface area contributed by atoms with Gasteiger partial charge < -0.3 is 9.47 Å². The molecular formula is C15H11Br3O3. The Kier molecular flexibility index (Phi) is 5.46. The van der Waals surface area contributed by atoms with E-state index in [4.69, 9.17) is 9.47 Å². The zero-order valence-electron chi connectivity index (χ0n) is 11.2. The lowest BCUT2D eigenvalue weighted by atomic mass is 10.0. The first-order valence-electron chi connectivity index (χ1n) is 5.89. The van der Waals surface area contributed by atoms with Crippen LogP contribution in [0, 0.1) is 0 Å². The Morgan fingerprint density at radius 1 is 0.857 bits per heavy atom. The summed E-state index contributed by atoms with van der Waals surface area (Å²) in [5.74, 6) is 0.923. The molecule has 0 atom stereocenters. The SMILES string of the molecule is COc1cc(C(=O)c2ccc(Br)cc2Br)c(OC)cc1Br. The number of methoxy groups -OCH3 is 2. The molecule has 0 unspecified atom stereocenters. The van der Waals surface area contributed by atoms with Gasteiger partial charge in [-0.15, -0.1) is 0 Å². The monoisotopic (exact) mass is 476 g/mol. The van der Waals surface area contributed by atoms with Crippen LogP contribution in [0.5, 0.6) is 11.5 Å². The molecule has 2 aromatic rings. The lowest BCUT2D eigenvalue weighted by molar-refractivity contribution is 0.103. The van der Waals surface area contributed by atoms with Gasteiger partial charge in [0, 0.05) is 14.5 Å². The van der Waals surface area contributed by atoms with Crippen molar-refractivity contribution in [3.63, 3.8) is 0 Å². The molecule has 0 spiro atoms. The van der Waals surface area contributed by atoms with Crippen LogP contribution in [0.2, 0.25) is 0 Å². The van der Waals surface area contributed by atoms with Gasteiger partial charge in [-0.1, -0.05) is 15.9 Å². The quantitative estimate of drug-likeness (QED) is 0.565. The highest BCUT2D eigenvalue weighted by atomic mass is 79.9. The maximum Gasteiger partial charge on any atom is 0.198 e. The zero-order chi connectivity index (χ0) is 15.6. The van der Waals surface area contributed by atoms with Crippen LogP contribution in [0.25, 0.3) is 0 Å². The summed E-state index contributed by atoms with van der Waals surface area (Å²) < 4.78 is 12.9. The molecule has 2 aromatic carbocycles. The van der Waals surface area contributed by atoms with Gasteiger partial charge in [0.1, 0.15) is 11.5 Å². The fourth-order valence-electron chi connectivity index (χ4n) is 1.86. The van der Waals surface area contributed by atoms with Gasteiger partial charge in [0.2, 0.25) is 0 Å². The second kappa shape index (κ2) is 6.94. The third kappa shape index (κ3) is 3.49. The van der Waals surface area contributed by atoms with E-state index in [1.54, 1.807) is 25.3 Å². The van der Waals surface area contributed by atoms with Crippen LogP contribution < -0.4 is 9.47 Å². The van der Waals surface area contributed by atoms with E-state index in [9.17, 15) is 4.79 Å². The average molecular weight is 479 g/mol. The molecule has 0 saturated heterocycles. The van der Waals surface area contributed by atoms with Crippen LogP contribution >= 0.6 is 47.8 Å². The number of carbonyl (C=O) groups excluding carboxylic acids is 1. The molecule has 0 saturated carbocycles. The van der Waals surface area contributed by atoms with Crippen molar-refractivity contribution in [2.24, 2.45) is 0 Å². The first-order valence-corrected chi connectivity index (χ1v) is 8.27. The smallest absolute Gasteiger partial charge is 0.198 e. The largest absolute Gasteiger partial charge is 0.496 e. The van der Waals surface area contributed by atoms with Gasteiger partial charge >= 0.3 is 0 Å². The normalized spacial score (nSPS) is 10.3. The summed E-state index contributed by atoms with van der Waals surface area (Å²) in [5, 5.41) is 0. The van der Waals surface area contributed by atoms with Crippen LogP contribution in [0.1, 0.15) is 15.9 Å². The van der Waals surface area contributed by atoms with Crippen LogP contribution in [0.15, 0.2) is 43.7 Å². The van der Waals surface area contributed by atoms with Crippen molar-refractivity contribution < 1.29 is 14.3 Å². The number of benzene rings is 2. The van der Waals surface area contributed by atoms with Crippen LogP contribution in [0.4, 0.5) is 0 Å². The minimum Gasteiger partial charge on any atom is -0.496 e. The van der Waals surface area contributed by atoms with Crippen molar-refractivity contribution in [2.45, 2.75) is 0 Å². The molecule has 2 rings (SSSR count). The molecule has 0 fully saturated rings. The van der Waals surface area contributed by atoms with Gasteiger partial charge in [-0.3, -0.25) is 4.79 Å². The third-order valence-electron chi connectivity index (χ3n) is 2.89. The lowest BCUT2D eigenvalue weighted by Gasteiger charge is -2.12. The Hall–Kier alpha value is -0.850. The number of ketones is 1. The van der Waals surface area contributed by atoms with Crippen molar-refractivity contribution >= 4 is 53.6 Å². The maximum atomic E-state index is 12.7. The molecule has 0 amide bonds. The Morgan fingerprint density at radius 3 is 2.10 bits per heavy atom. The Labute approximate surface area is 148 Å². The van der Waals surface area contributed by atoms with E-state index >= 15 is 0 Å². The molecule has 0 aliphatic rings. The van der Waals surface area contributed by atoms with Crippen molar-refractivity contribution in [1.29, 1.82) is 0 Å². The molecule has 0 bridgehead atoms. The van der Waals surface area contributed by atoms with Crippen LogP contribution in [0.3, 0.4) is 0 Å². The second-order valence-electron chi connectivity index (χ2n) is 4.14. The molecule has 3 nitrogen and oxygen atoms in total. The fraction of sp³-hybridized carbons (Fsp3) is 0.133. The predicted octanol–water partition coefficient (Wildman–Crippen LogP) is 5.22. The molecule has 0 heterocycles. The number of hydrogen-bond donors (Lipinski definition) is 0. The molecule has 0 radical (unpaired) electrons. The van der Waals surface area contributed by atoms with E-state index in [-0.39, 0.29) is 5.78 Å². The summed E-state index contributed by atoms with van der Waals surface area (Å²) in [4.78, 5) is 12.7. The van der Waals surface area contributed by atoms with Gasteiger partial charge in [-0.05, 0) is 62.2 Å². The predicted molar refractivity (Wildman–Crippen MR) is 92.5 cm³/mol. The Bertz CT molecular complexity index is 699. The molecule has 21 heavy (non-hydrogen) atoms. The summed E-state index contributed by atoms with van der Waals surface area (Å²) >= 11 is 10.2. The van der Waals surface area contributed by atoms with Gasteiger partial charge in [0.05, 0.1) is 24.3 Å². The number of carbonyl (C=O) groups is 1. The number of ether oxygens (including phenoxy) is 2. The second-order valence-corrected chi connectivity index (χ2v) is 6.76. The number of rotatable bonds is 4. The van der Waals surface area contributed by atoms with E-state index in [0.717, 1.165) is 8.95 Å².